The van der Waals surface area contributed by atoms with Crippen molar-refractivity contribution in [2.24, 2.45) is 10.2 Å². The van der Waals surface area contributed by atoms with E-state index in [-0.39, 0.29) is 24.7 Å². The molecule has 27 heavy (non-hydrogen) atoms. The molecule has 0 aliphatic rings. The minimum Gasteiger partial charge on any atom is -0.481 e. The third kappa shape index (κ3) is 7.47. The Morgan fingerprint density at radius 3 is 1.74 bits per heavy atom. The summed E-state index contributed by atoms with van der Waals surface area (Å²) in [5.41, 5.74) is 2.54. The number of rotatable bonds is 8. The van der Waals surface area contributed by atoms with Crippen molar-refractivity contribution in [3.8, 4) is 0 Å². The van der Waals surface area contributed by atoms with Crippen LogP contribution in [0.5, 0.6) is 0 Å². The van der Waals surface area contributed by atoms with Crippen LogP contribution in [0.4, 0.5) is 22.7 Å². The van der Waals surface area contributed by atoms with E-state index in [1.165, 1.54) is 6.92 Å². The molecule has 0 bridgehead atoms. The number of nitrogens with one attached hydrogen (secondary N) is 2. The van der Waals surface area contributed by atoms with Gasteiger partial charge in [0.1, 0.15) is 0 Å². The van der Waals surface area contributed by atoms with Gasteiger partial charge in [0.25, 0.3) is 0 Å². The number of anilines is 2. The average molecular weight is 368 g/mol. The first-order valence-corrected chi connectivity index (χ1v) is 8.33. The summed E-state index contributed by atoms with van der Waals surface area (Å²) in [6.07, 6.45) is 0.426. The Kier molecular flexibility index (Phi) is 7.18. The molecule has 0 spiro atoms. The quantitative estimate of drug-likeness (QED) is 0.603. The number of hydrogen-bond donors (Lipinski definition) is 3. The first kappa shape index (κ1) is 19.8. The van der Waals surface area contributed by atoms with Crippen molar-refractivity contribution in [1.29, 1.82) is 0 Å². The molecule has 0 aliphatic heterocycles. The maximum atomic E-state index is 11.7. The van der Waals surface area contributed by atoms with Gasteiger partial charge in [-0.15, -0.1) is 0 Å². The average Bonchev–Trinajstić information content (AvgIpc) is 2.61. The van der Waals surface area contributed by atoms with E-state index in [1.807, 2.05) is 0 Å². The zero-order chi connectivity index (χ0) is 19.6. The smallest absolute Gasteiger partial charge is 0.303 e. The Hall–Kier alpha value is -3.55. The minimum atomic E-state index is -0.915. The summed E-state index contributed by atoms with van der Waals surface area (Å²) < 4.78 is 0. The number of aliphatic carboxylic acids is 1. The Labute approximate surface area is 156 Å². The molecule has 2 amide bonds. The molecular weight excluding hydrogens is 348 g/mol. The fourth-order valence-corrected chi connectivity index (χ4v) is 2.17. The first-order chi connectivity index (χ1) is 12.9. The van der Waals surface area contributed by atoms with Gasteiger partial charge in [0.15, 0.2) is 0 Å². The highest BCUT2D eigenvalue weighted by molar-refractivity contribution is 5.91. The first-order valence-electron chi connectivity index (χ1n) is 8.33. The number of nitrogens with zero attached hydrogens (tertiary/aromatic N) is 2. The van der Waals surface area contributed by atoms with Crippen LogP contribution < -0.4 is 10.6 Å². The summed E-state index contributed by atoms with van der Waals surface area (Å²) in [5, 5.41) is 22.2. The number of amides is 2. The van der Waals surface area contributed by atoms with Crippen molar-refractivity contribution in [3.05, 3.63) is 48.5 Å². The lowest BCUT2D eigenvalue weighted by molar-refractivity contribution is -0.137. The molecule has 0 saturated heterocycles. The van der Waals surface area contributed by atoms with Gasteiger partial charge >= 0.3 is 5.97 Å². The summed E-state index contributed by atoms with van der Waals surface area (Å²) in [6, 6.07) is 13.8. The molecular formula is C19H20N4O4. The number of hydrogen-bond acceptors (Lipinski definition) is 5. The SMILES string of the molecule is CC(=O)Nc1ccc(N=Nc2ccc(NC(=O)CCCC(=O)O)cc2)cc1. The van der Waals surface area contributed by atoms with Gasteiger partial charge in [-0.1, -0.05) is 0 Å². The van der Waals surface area contributed by atoms with Crippen molar-refractivity contribution in [1.82, 2.24) is 0 Å². The largest absolute Gasteiger partial charge is 0.481 e. The van der Waals surface area contributed by atoms with Gasteiger partial charge in [-0.05, 0) is 55.0 Å². The fraction of sp³-hybridized carbons (Fsp3) is 0.211. The van der Waals surface area contributed by atoms with Crippen LogP contribution in [0.25, 0.3) is 0 Å². The normalized spacial score (nSPS) is 10.6. The molecule has 0 fully saturated rings. The second-order valence-corrected chi connectivity index (χ2v) is 5.77. The van der Waals surface area contributed by atoms with Gasteiger partial charge in [-0.2, -0.15) is 10.2 Å². The minimum absolute atomic E-state index is 0.0292. The predicted molar refractivity (Wildman–Crippen MR) is 101 cm³/mol. The highest BCUT2D eigenvalue weighted by Crippen LogP contribution is 2.21. The monoisotopic (exact) mass is 368 g/mol. The lowest BCUT2D eigenvalue weighted by Gasteiger charge is -2.04. The van der Waals surface area contributed by atoms with Crippen LogP contribution in [0, 0.1) is 0 Å². The van der Waals surface area contributed by atoms with Crippen molar-refractivity contribution < 1.29 is 19.5 Å². The predicted octanol–water partition coefficient (Wildman–Crippen LogP) is 4.25. The lowest BCUT2D eigenvalue weighted by Crippen LogP contribution is -2.11. The number of carbonyl (C=O) groups is 3. The Morgan fingerprint density at radius 1 is 0.815 bits per heavy atom. The maximum absolute atomic E-state index is 11.7. The second-order valence-electron chi connectivity index (χ2n) is 5.77. The molecule has 0 aromatic heterocycles. The zero-order valence-corrected chi connectivity index (χ0v) is 14.8. The third-order valence-corrected chi connectivity index (χ3v) is 3.41. The molecule has 2 aromatic rings. The van der Waals surface area contributed by atoms with E-state index in [2.05, 4.69) is 20.9 Å². The Morgan fingerprint density at radius 2 is 1.30 bits per heavy atom. The Balaban J connectivity index is 1.87. The summed E-state index contributed by atoms with van der Waals surface area (Å²) in [6.45, 7) is 1.44. The van der Waals surface area contributed by atoms with Crippen LogP contribution in [0.1, 0.15) is 26.2 Å². The molecule has 3 N–H and O–H groups in total. The highest BCUT2D eigenvalue weighted by Gasteiger charge is 2.04. The van der Waals surface area contributed by atoms with Gasteiger partial charge in [0.2, 0.25) is 11.8 Å². The van der Waals surface area contributed by atoms with Crippen LogP contribution >= 0.6 is 0 Å². The van der Waals surface area contributed by atoms with E-state index in [0.717, 1.165) is 0 Å². The molecule has 2 aromatic carbocycles. The number of carboxylic acid groups (broad SMARTS) is 1. The molecule has 2 rings (SSSR count). The van der Waals surface area contributed by atoms with Gasteiger partial charge in [0.05, 0.1) is 11.4 Å². The van der Waals surface area contributed by atoms with Crippen molar-refractivity contribution >= 4 is 40.5 Å². The van der Waals surface area contributed by atoms with Crippen molar-refractivity contribution in [2.45, 2.75) is 26.2 Å². The number of carboxylic acids is 1. The Bertz CT molecular complexity index is 830. The zero-order valence-electron chi connectivity index (χ0n) is 14.8. The molecule has 0 radical (unpaired) electrons. The molecule has 8 nitrogen and oxygen atoms in total. The lowest BCUT2D eigenvalue weighted by atomic mass is 10.2. The molecule has 140 valence electrons. The van der Waals surface area contributed by atoms with Crippen LogP contribution in [0.3, 0.4) is 0 Å². The summed E-state index contributed by atoms with van der Waals surface area (Å²) in [5.74, 6) is -1.29. The number of carbonyl (C=O) groups excluding carboxylic acids is 2. The van der Waals surface area contributed by atoms with E-state index in [1.54, 1.807) is 48.5 Å². The van der Waals surface area contributed by atoms with Gasteiger partial charge < -0.3 is 15.7 Å². The summed E-state index contributed by atoms with van der Waals surface area (Å²) >= 11 is 0. The maximum Gasteiger partial charge on any atom is 0.303 e. The van der Waals surface area contributed by atoms with Gasteiger partial charge in [-0.3, -0.25) is 14.4 Å². The number of azo groups is 1. The van der Waals surface area contributed by atoms with E-state index < -0.39 is 5.97 Å². The topological polar surface area (TPSA) is 120 Å². The molecule has 0 heterocycles. The van der Waals surface area contributed by atoms with Crippen LogP contribution in [-0.2, 0) is 14.4 Å². The highest BCUT2D eigenvalue weighted by atomic mass is 16.4. The van der Waals surface area contributed by atoms with E-state index in [4.69, 9.17) is 5.11 Å². The van der Waals surface area contributed by atoms with E-state index >= 15 is 0 Å². The molecule has 0 aliphatic carbocycles. The third-order valence-electron chi connectivity index (χ3n) is 3.41. The number of benzene rings is 2. The van der Waals surface area contributed by atoms with Gasteiger partial charge in [0, 0.05) is 31.1 Å². The van der Waals surface area contributed by atoms with Crippen LogP contribution in [-0.4, -0.2) is 22.9 Å². The van der Waals surface area contributed by atoms with Gasteiger partial charge in [-0.25, -0.2) is 0 Å². The fourth-order valence-electron chi connectivity index (χ4n) is 2.17. The van der Waals surface area contributed by atoms with Crippen LogP contribution in [0.15, 0.2) is 58.8 Å². The van der Waals surface area contributed by atoms with Crippen molar-refractivity contribution in [2.75, 3.05) is 10.6 Å². The second kappa shape index (κ2) is 9.81. The molecule has 0 unspecified atom stereocenters. The molecule has 0 saturated carbocycles. The summed E-state index contributed by atoms with van der Waals surface area (Å²) in [7, 11) is 0. The molecule has 0 atom stereocenters. The van der Waals surface area contributed by atoms with E-state index in [9.17, 15) is 14.4 Å². The standard InChI is InChI=1S/C19H20N4O4/c1-13(24)20-14-5-9-16(10-6-14)22-23-17-11-7-15(8-12-17)21-18(25)3-2-4-19(26)27/h5-12H,2-4H2,1H3,(H,20,24)(H,21,25)(H,26,27). The van der Waals surface area contributed by atoms with Crippen LogP contribution in [0.2, 0.25) is 0 Å². The summed E-state index contributed by atoms with van der Waals surface area (Å²) in [4.78, 5) is 33.1. The van der Waals surface area contributed by atoms with Crippen molar-refractivity contribution in [3.63, 3.8) is 0 Å². The van der Waals surface area contributed by atoms with E-state index in [0.29, 0.717) is 29.2 Å². The molecule has 8 heteroatoms.